The highest BCUT2D eigenvalue weighted by molar-refractivity contribution is 6.35. The van der Waals surface area contributed by atoms with Crippen LogP contribution < -0.4 is 5.32 Å². The molecule has 7 rings (SSSR count). The van der Waals surface area contributed by atoms with Crippen LogP contribution >= 0.6 is 23.2 Å². The summed E-state index contributed by atoms with van der Waals surface area (Å²) in [4.78, 5) is 52.9. The summed E-state index contributed by atoms with van der Waals surface area (Å²) in [6.07, 6.45) is 0. The molecule has 2 bridgehead atoms. The van der Waals surface area contributed by atoms with Crippen molar-refractivity contribution in [2.45, 2.75) is 11.8 Å². The summed E-state index contributed by atoms with van der Waals surface area (Å²) >= 11 is 12.0. The van der Waals surface area contributed by atoms with E-state index in [1.54, 1.807) is 6.07 Å². The van der Waals surface area contributed by atoms with Gasteiger partial charge >= 0.3 is 5.97 Å². The molecule has 9 heteroatoms. The lowest BCUT2D eigenvalue weighted by Gasteiger charge is -2.45. The molecule has 0 unspecified atom stereocenters. The molecule has 2 atom stereocenters. The van der Waals surface area contributed by atoms with Crippen LogP contribution in [0, 0.1) is 11.8 Å². The van der Waals surface area contributed by atoms with Crippen LogP contribution in [0.5, 0.6) is 0 Å². The van der Waals surface area contributed by atoms with E-state index < -0.39 is 36.9 Å². The van der Waals surface area contributed by atoms with Crippen molar-refractivity contribution in [3.8, 4) is 0 Å². The summed E-state index contributed by atoms with van der Waals surface area (Å²) in [5.41, 5.74) is 4.48. The zero-order chi connectivity index (χ0) is 25.8. The first-order valence-electron chi connectivity index (χ1n) is 11.8. The van der Waals surface area contributed by atoms with Crippen molar-refractivity contribution in [1.82, 2.24) is 4.90 Å². The van der Waals surface area contributed by atoms with E-state index in [9.17, 15) is 19.2 Å². The fraction of sp³-hybridized carbons (Fsp3) is 0.214. The quantitative estimate of drug-likeness (QED) is 0.387. The molecule has 3 aliphatic carbocycles. The zero-order valence-corrected chi connectivity index (χ0v) is 20.8. The summed E-state index contributed by atoms with van der Waals surface area (Å²) in [5, 5.41) is 3.17. The largest absolute Gasteiger partial charge is 0.454 e. The van der Waals surface area contributed by atoms with E-state index >= 15 is 0 Å². The molecule has 3 aromatic carbocycles. The Kier molecular flexibility index (Phi) is 5.77. The number of imide groups is 1. The van der Waals surface area contributed by atoms with Gasteiger partial charge in [0.15, 0.2) is 6.61 Å². The normalized spacial score (nSPS) is 22.8. The lowest BCUT2D eigenvalue weighted by atomic mass is 9.55. The molecule has 1 fully saturated rings. The van der Waals surface area contributed by atoms with E-state index in [2.05, 4.69) is 5.32 Å². The van der Waals surface area contributed by atoms with Crippen LogP contribution in [0.4, 0.5) is 5.69 Å². The Labute approximate surface area is 222 Å². The van der Waals surface area contributed by atoms with Gasteiger partial charge in [0.25, 0.3) is 5.91 Å². The van der Waals surface area contributed by atoms with E-state index in [0.29, 0.717) is 5.02 Å². The number of hydrogen-bond donors (Lipinski definition) is 1. The van der Waals surface area contributed by atoms with Crippen LogP contribution in [-0.4, -0.2) is 41.7 Å². The summed E-state index contributed by atoms with van der Waals surface area (Å²) in [7, 11) is 0. The maximum Gasteiger partial charge on any atom is 0.326 e. The molecule has 3 amide bonds. The fourth-order valence-electron chi connectivity index (χ4n) is 6.00. The van der Waals surface area contributed by atoms with Crippen LogP contribution in [0.3, 0.4) is 0 Å². The van der Waals surface area contributed by atoms with Gasteiger partial charge in [0.05, 0.1) is 22.5 Å². The third kappa shape index (κ3) is 3.81. The van der Waals surface area contributed by atoms with Gasteiger partial charge in [0.1, 0.15) is 6.54 Å². The van der Waals surface area contributed by atoms with Crippen molar-refractivity contribution in [2.75, 3.05) is 18.5 Å². The Balaban J connectivity index is 1.18. The molecule has 186 valence electrons. The van der Waals surface area contributed by atoms with Crippen molar-refractivity contribution < 1.29 is 23.9 Å². The number of esters is 1. The first-order valence-corrected chi connectivity index (χ1v) is 12.5. The Bertz CT molecular complexity index is 1370. The molecule has 4 aliphatic rings. The molecule has 0 saturated carbocycles. The molecule has 3 aromatic rings. The number of carbonyl (C=O) groups excluding carboxylic acids is 4. The number of likely N-dealkylation sites (tertiary alicyclic amines) is 1. The van der Waals surface area contributed by atoms with Crippen molar-refractivity contribution in [3.05, 3.63) is 99.0 Å². The Morgan fingerprint density at radius 2 is 1.32 bits per heavy atom. The van der Waals surface area contributed by atoms with E-state index in [-0.39, 0.29) is 34.4 Å². The number of anilines is 1. The SMILES string of the molecule is O=C(COC(=O)CN1C(=O)[C@@H]2C3c4ccccc4C(c4ccccc43)[C@@H]2C1=O)Nc1cc(Cl)ccc1Cl. The standard InChI is InChI=1S/C28H20Cl2N2O5/c29-14-9-10-19(30)20(11-14)31-21(33)13-37-22(34)12-32-27(35)25-23-15-5-1-2-6-16(15)24(26(25)28(32)36)18-8-4-3-7-17(18)23/h1-11,23-26H,12-13H2,(H,31,33)/t23?,24?,25-,26+. The monoisotopic (exact) mass is 534 g/mol. The topological polar surface area (TPSA) is 92.8 Å². The minimum atomic E-state index is -0.852. The Morgan fingerprint density at radius 3 is 1.84 bits per heavy atom. The van der Waals surface area contributed by atoms with Gasteiger partial charge in [-0.1, -0.05) is 71.7 Å². The van der Waals surface area contributed by atoms with E-state index in [4.69, 9.17) is 27.9 Å². The van der Waals surface area contributed by atoms with Gasteiger partial charge in [-0.05, 0) is 40.5 Å². The van der Waals surface area contributed by atoms with Crippen LogP contribution in [-0.2, 0) is 23.9 Å². The summed E-state index contributed by atoms with van der Waals surface area (Å²) < 4.78 is 5.08. The van der Waals surface area contributed by atoms with Gasteiger partial charge in [-0.3, -0.25) is 24.1 Å². The van der Waals surface area contributed by atoms with Gasteiger partial charge in [0.2, 0.25) is 11.8 Å². The molecular formula is C28H20Cl2N2O5. The average Bonchev–Trinajstić information content (AvgIpc) is 3.15. The minimum absolute atomic E-state index is 0.256. The van der Waals surface area contributed by atoms with Gasteiger partial charge in [-0.25, -0.2) is 0 Å². The molecule has 37 heavy (non-hydrogen) atoms. The molecule has 1 N–H and O–H groups in total. The number of hydrogen-bond acceptors (Lipinski definition) is 5. The minimum Gasteiger partial charge on any atom is -0.454 e. The number of ether oxygens (including phenoxy) is 1. The first-order chi connectivity index (χ1) is 17.8. The number of amides is 3. The predicted octanol–water partition coefficient (Wildman–Crippen LogP) is 4.37. The number of benzene rings is 3. The van der Waals surface area contributed by atoms with E-state index in [1.807, 2.05) is 48.5 Å². The maximum absolute atomic E-state index is 13.5. The second kappa shape index (κ2) is 9.01. The molecule has 1 heterocycles. The number of nitrogens with one attached hydrogen (secondary N) is 1. The highest BCUT2D eigenvalue weighted by Gasteiger charge is 2.61. The highest BCUT2D eigenvalue weighted by Crippen LogP contribution is 2.60. The van der Waals surface area contributed by atoms with Gasteiger partial charge < -0.3 is 10.1 Å². The molecule has 7 nitrogen and oxygen atoms in total. The van der Waals surface area contributed by atoms with Crippen molar-refractivity contribution in [3.63, 3.8) is 0 Å². The zero-order valence-electron chi connectivity index (χ0n) is 19.3. The number of rotatable bonds is 5. The smallest absolute Gasteiger partial charge is 0.326 e. The van der Waals surface area contributed by atoms with Gasteiger partial charge in [0, 0.05) is 16.9 Å². The summed E-state index contributed by atoms with van der Waals surface area (Å²) in [6.45, 7) is -1.16. The van der Waals surface area contributed by atoms with Crippen molar-refractivity contribution in [1.29, 1.82) is 0 Å². The van der Waals surface area contributed by atoms with Crippen LogP contribution in [0.2, 0.25) is 10.0 Å². The van der Waals surface area contributed by atoms with Gasteiger partial charge in [-0.2, -0.15) is 0 Å². The molecule has 0 aromatic heterocycles. The maximum atomic E-state index is 13.5. The first kappa shape index (κ1) is 23.7. The lowest BCUT2D eigenvalue weighted by molar-refractivity contribution is -0.154. The average molecular weight is 535 g/mol. The Morgan fingerprint density at radius 1 is 0.811 bits per heavy atom. The van der Waals surface area contributed by atoms with Crippen molar-refractivity contribution >= 4 is 52.6 Å². The third-order valence-corrected chi connectivity index (χ3v) is 7.96. The van der Waals surface area contributed by atoms with Crippen LogP contribution in [0.25, 0.3) is 0 Å². The molecular weight excluding hydrogens is 515 g/mol. The van der Waals surface area contributed by atoms with Crippen LogP contribution in [0.15, 0.2) is 66.7 Å². The number of nitrogens with zero attached hydrogens (tertiary/aromatic N) is 1. The predicted molar refractivity (Wildman–Crippen MR) is 136 cm³/mol. The summed E-state index contributed by atoms with van der Waals surface area (Å²) in [6, 6.07) is 20.4. The second-order valence-corrected chi connectivity index (χ2v) is 10.2. The molecule has 1 saturated heterocycles. The van der Waals surface area contributed by atoms with E-state index in [1.165, 1.54) is 12.1 Å². The van der Waals surface area contributed by atoms with E-state index in [0.717, 1.165) is 27.2 Å². The number of carbonyl (C=O) groups is 4. The molecule has 0 radical (unpaired) electrons. The Hall–Kier alpha value is -3.68. The molecule has 0 spiro atoms. The highest BCUT2D eigenvalue weighted by atomic mass is 35.5. The fourth-order valence-corrected chi connectivity index (χ4v) is 6.33. The van der Waals surface area contributed by atoms with Crippen molar-refractivity contribution in [2.24, 2.45) is 11.8 Å². The van der Waals surface area contributed by atoms with Crippen LogP contribution in [0.1, 0.15) is 34.1 Å². The molecule has 1 aliphatic heterocycles. The lowest BCUT2D eigenvalue weighted by Crippen LogP contribution is -2.41. The van der Waals surface area contributed by atoms with Gasteiger partial charge in [-0.15, -0.1) is 0 Å². The summed E-state index contributed by atoms with van der Waals surface area (Å²) in [5.74, 6) is -3.93. The second-order valence-electron chi connectivity index (χ2n) is 9.36. The third-order valence-electron chi connectivity index (χ3n) is 7.39. The number of halogens is 2.